The van der Waals surface area contributed by atoms with Crippen LogP contribution in [0.15, 0.2) is 65.1 Å². The summed E-state index contributed by atoms with van der Waals surface area (Å²) in [5.41, 5.74) is 0.650. The molecule has 0 aliphatic carbocycles. The molecule has 0 N–H and O–H groups in total. The lowest BCUT2D eigenvalue weighted by Crippen LogP contribution is -1.92. The van der Waals surface area contributed by atoms with Crippen LogP contribution in [0.3, 0.4) is 0 Å². The van der Waals surface area contributed by atoms with Gasteiger partial charge in [0.05, 0.1) is 0 Å². The van der Waals surface area contributed by atoms with Crippen molar-refractivity contribution >= 4 is 32.5 Å². The second-order valence-electron chi connectivity index (χ2n) is 4.84. The van der Waals surface area contributed by atoms with E-state index in [1.165, 1.54) is 0 Å². The lowest BCUT2D eigenvalue weighted by atomic mass is 10.1. The van der Waals surface area contributed by atoms with E-state index in [2.05, 4.69) is 22.0 Å². The molecule has 0 saturated heterocycles. The quantitative estimate of drug-likeness (QED) is 0.580. The maximum Gasteiger partial charge on any atom is 0.159 e. The van der Waals surface area contributed by atoms with Gasteiger partial charge in [-0.05, 0) is 54.1 Å². The van der Waals surface area contributed by atoms with Crippen LogP contribution in [0.25, 0.3) is 10.8 Å². The number of hydrogen-bond acceptors (Lipinski definition) is 2. The number of benzene rings is 3. The second kappa shape index (κ2) is 5.70. The highest BCUT2D eigenvalue weighted by molar-refractivity contribution is 9.10. The van der Waals surface area contributed by atoms with Crippen LogP contribution in [0.1, 0.15) is 17.3 Å². The number of halogens is 1. The van der Waals surface area contributed by atoms with Crippen molar-refractivity contribution in [3.05, 3.63) is 70.7 Å². The van der Waals surface area contributed by atoms with E-state index in [0.717, 1.165) is 21.0 Å². The average Bonchev–Trinajstić information content (AvgIpc) is 2.48. The Kier molecular flexibility index (Phi) is 3.76. The fraction of sp³-hybridized carbons (Fsp3) is 0.0556. The molecular weight excluding hydrogens is 328 g/mol. The zero-order valence-corrected chi connectivity index (χ0v) is 13.1. The number of ether oxygens (including phenoxy) is 1. The number of hydrogen-bond donors (Lipinski definition) is 0. The van der Waals surface area contributed by atoms with E-state index < -0.39 is 0 Å². The molecule has 3 heteroatoms. The van der Waals surface area contributed by atoms with Crippen LogP contribution in [0, 0.1) is 0 Å². The molecule has 0 aliphatic heterocycles. The molecule has 0 aliphatic rings. The summed E-state index contributed by atoms with van der Waals surface area (Å²) in [6.45, 7) is 1.55. The van der Waals surface area contributed by atoms with Gasteiger partial charge in [-0.15, -0.1) is 0 Å². The van der Waals surface area contributed by atoms with Crippen LogP contribution in [-0.2, 0) is 0 Å². The Morgan fingerprint density at radius 1 is 0.905 bits per heavy atom. The Labute approximate surface area is 131 Å². The van der Waals surface area contributed by atoms with Crippen molar-refractivity contribution in [2.75, 3.05) is 0 Å². The van der Waals surface area contributed by atoms with Gasteiger partial charge in [-0.3, -0.25) is 4.79 Å². The van der Waals surface area contributed by atoms with Crippen molar-refractivity contribution in [2.45, 2.75) is 6.92 Å². The number of carbonyl (C=O) groups is 1. The van der Waals surface area contributed by atoms with Gasteiger partial charge in [0, 0.05) is 10.0 Å². The molecule has 104 valence electrons. The van der Waals surface area contributed by atoms with Gasteiger partial charge in [0.2, 0.25) is 0 Å². The highest BCUT2D eigenvalue weighted by Gasteiger charge is 2.03. The minimum absolute atomic E-state index is 0.0313. The monoisotopic (exact) mass is 340 g/mol. The Balaban J connectivity index is 1.92. The van der Waals surface area contributed by atoms with E-state index in [4.69, 9.17) is 4.74 Å². The van der Waals surface area contributed by atoms with Crippen molar-refractivity contribution in [1.29, 1.82) is 0 Å². The molecule has 0 bridgehead atoms. The first-order valence-electron chi connectivity index (χ1n) is 6.60. The molecule has 3 rings (SSSR count). The Morgan fingerprint density at radius 3 is 2.43 bits per heavy atom. The number of fused-ring (bicyclic) bond motifs is 1. The summed E-state index contributed by atoms with van der Waals surface area (Å²) >= 11 is 3.46. The van der Waals surface area contributed by atoms with Crippen LogP contribution in [-0.4, -0.2) is 5.78 Å². The topological polar surface area (TPSA) is 26.3 Å². The molecule has 0 atom stereocenters. The predicted molar refractivity (Wildman–Crippen MR) is 88.2 cm³/mol. The molecule has 0 radical (unpaired) electrons. The van der Waals surface area contributed by atoms with Crippen LogP contribution in [0.4, 0.5) is 0 Å². The Hall–Kier alpha value is -2.13. The number of ketones is 1. The normalized spacial score (nSPS) is 10.6. The summed E-state index contributed by atoms with van der Waals surface area (Å²) in [5, 5.41) is 2.26. The first-order chi connectivity index (χ1) is 10.1. The van der Waals surface area contributed by atoms with E-state index in [9.17, 15) is 4.79 Å². The van der Waals surface area contributed by atoms with Gasteiger partial charge in [-0.25, -0.2) is 0 Å². The van der Waals surface area contributed by atoms with Gasteiger partial charge in [0.25, 0.3) is 0 Å². The van der Waals surface area contributed by atoms with Crippen molar-refractivity contribution in [2.24, 2.45) is 0 Å². The Morgan fingerprint density at radius 2 is 1.62 bits per heavy atom. The smallest absolute Gasteiger partial charge is 0.159 e. The second-order valence-corrected chi connectivity index (χ2v) is 5.76. The SMILES string of the molecule is CC(=O)c1cccc(Oc2ccc3cc(Br)ccc3c2)c1. The first kappa shape index (κ1) is 13.8. The van der Waals surface area contributed by atoms with Gasteiger partial charge in [0.1, 0.15) is 11.5 Å². The maximum absolute atomic E-state index is 11.4. The number of carbonyl (C=O) groups excluding carboxylic acids is 1. The number of Topliss-reactive ketones (excluding diaryl/α,β-unsaturated/α-hetero) is 1. The molecule has 0 amide bonds. The maximum atomic E-state index is 11.4. The van der Waals surface area contributed by atoms with Gasteiger partial charge in [-0.1, -0.05) is 40.2 Å². The van der Waals surface area contributed by atoms with Crippen molar-refractivity contribution in [3.8, 4) is 11.5 Å². The van der Waals surface area contributed by atoms with Crippen molar-refractivity contribution in [1.82, 2.24) is 0 Å². The Bertz CT molecular complexity index is 824. The average molecular weight is 341 g/mol. The van der Waals surface area contributed by atoms with Gasteiger partial charge < -0.3 is 4.74 Å². The third-order valence-electron chi connectivity index (χ3n) is 3.25. The van der Waals surface area contributed by atoms with Crippen molar-refractivity contribution < 1.29 is 9.53 Å². The molecule has 0 spiro atoms. The third kappa shape index (κ3) is 3.14. The highest BCUT2D eigenvalue weighted by Crippen LogP contribution is 2.27. The minimum atomic E-state index is 0.0313. The fourth-order valence-corrected chi connectivity index (χ4v) is 2.55. The van der Waals surface area contributed by atoms with Gasteiger partial charge in [-0.2, -0.15) is 0 Å². The molecule has 3 aromatic carbocycles. The molecule has 3 aromatic rings. The summed E-state index contributed by atoms with van der Waals surface area (Å²) < 4.78 is 6.90. The molecule has 2 nitrogen and oxygen atoms in total. The first-order valence-corrected chi connectivity index (χ1v) is 7.39. The van der Waals surface area contributed by atoms with Crippen LogP contribution in [0.2, 0.25) is 0 Å². The molecule has 0 fully saturated rings. The van der Waals surface area contributed by atoms with E-state index in [1.807, 2.05) is 42.5 Å². The molecule has 21 heavy (non-hydrogen) atoms. The van der Waals surface area contributed by atoms with E-state index in [0.29, 0.717) is 11.3 Å². The van der Waals surface area contributed by atoms with E-state index in [-0.39, 0.29) is 5.78 Å². The summed E-state index contributed by atoms with van der Waals surface area (Å²) in [7, 11) is 0. The molecule has 0 aromatic heterocycles. The summed E-state index contributed by atoms with van der Waals surface area (Å²) in [4.78, 5) is 11.4. The van der Waals surface area contributed by atoms with Gasteiger partial charge in [0.15, 0.2) is 5.78 Å². The summed E-state index contributed by atoms with van der Waals surface area (Å²) in [6.07, 6.45) is 0. The van der Waals surface area contributed by atoms with E-state index >= 15 is 0 Å². The van der Waals surface area contributed by atoms with Crippen LogP contribution < -0.4 is 4.74 Å². The van der Waals surface area contributed by atoms with Crippen LogP contribution >= 0.6 is 15.9 Å². The summed E-state index contributed by atoms with van der Waals surface area (Å²) in [5.74, 6) is 1.45. The zero-order valence-electron chi connectivity index (χ0n) is 11.5. The van der Waals surface area contributed by atoms with Crippen molar-refractivity contribution in [3.63, 3.8) is 0 Å². The minimum Gasteiger partial charge on any atom is -0.457 e. The molecule has 0 heterocycles. The molecule has 0 unspecified atom stereocenters. The summed E-state index contributed by atoms with van der Waals surface area (Å²) in [6, 6.07) is 19.3. The standard InChI is InChI=1S/C18H13BrO2/c1-12(20)13-3-2-4-17(10-13)21-18-8-6-14-9-16(19)7-5-15(14)11-18/h2-11H,1H3. The fourth-order valence-electron chi connectivity index (χ4n) is 2.17. The predicted octanol–water partition coefficient (Wildman–Crippen LogP) is 5.60. The van der Waals surface area contributed by atoms with Gasteiger partial charge >= 0.3 is 0 Å². The lowest BCUT2D eigenvalue weighted by Gasteiger charge is -2.08. The van der Waals surface area contributed by atoms with E-state index in [1.54, 1.807) is 19.1 Å². The third-order valence-corrected chi connectivity index (χ3v) is 3.74. The molecular formula is C18H13BrO2. The highest BCUT2D eigenvalue weighted by atomic mass is 79.9. The largest absolute Gasteiger partial charge is 0.457 e. The van der Waals surface area contributed by atoms with Crippen LogP contribution in [0.5, 0.6) is 11.5 Å². The number of rotatable bonds is 3. The molecule has 0 saturated carbocycles. The zero-order chi connectivity index (χ0) is 14.8. The lowest BCUT2D eigenvalue weighted by molar-refractivity contribution is 0.101.